The number of nitrogens with zero attached hydrogens (tertiary/aromatic N) is 1. The summed E-state index contributed by atoms with van der Waals surface area (Å²) in [6, 6.07) is 11.0. The summed E-state index contributed by atoms with van der Waals surface area (Å²) in [5.41, 5.74) is -0.233. The van der Waals surface area contributed by atoms with Crippen LogP contribution in [0.5, 0.6) is 17.2 Å². The maximum Gasteiger partial charge on any atom is 0.513 e. The molecule has 2 aliphatic heterocycles. The zero-order valence-electron chi connectivity index (χ0n) is 23.2. The second-order valence-corrected chi connectivity index (χ2v) is 13.7. The minimum absolute atomic E-state index is 0.0415. The van der Waals surface area contributed by atoms with Crippen LogP contribution in [0.1, 0.15) is 50.2 Å². The molecule has 6 atom stereocenters. The smallest absolute Gasteiger partial charge is 0.477 e. The molecular formula is C30H35N2O8P. The molecule has 0 radical (unpaired) electrons. The fourth-order valence-electron chi connectivity index (χ4n) is 7.61. The molecule has 5 aliphatic rings. The lowest BCUT2D eigenvalue weighted by molar-refractivity contribution is -0.188. The van der Waals surface area contributed by atoms with Crippen LogP contribution in [0.3, 0.4) is 0 Å². The van der Waals surface area contributed by atoms with Crippen LogP contribution in [0.4, 0.5) is 0 Å². The van der Waals surface area contributed by atoms with Crippen molar-refractivity contribution < 1.29 is 37.8 Å². The number of ether oxygens (including phenoxy) is 2. The highest BCUT2D eigenvalue weighted by atomic mass is 31.2. The summed E-state index contributed by atoms with van der Waals surface area (Å²) in [6.07, 6.45) is 3.45. The lowest BCUT2D eigenvalue weighted by atomic mass is 9.49. The van der Waals surface area contributed by atoms with Gasteiger partial charge in [-0.2, -0.15) is 5.09 Å². The largest absolute Gasteiger partial charge is 0.513 e. The van der Waals surface area contributed by atoms with Crippen LogP contribution in [-0.4, -0.2) is 65.7 Å². The van der Waals surface area contributed by atoms with Gasteiger partial charge in [-0.3, -0.25) is 14.5 Å². The predicted octanol–water partition coefficient (Wildman–Crippen LogP) is 3.54. The van der Waals surface area contributed by atoms with Gasteiger partial charge >= 0.3 is 13.7 Å². The van der Waals surface area contributed by atoms with Gasteiger partial charge in [0.1, 0.15) is 11.8 Å². The lowest BCUT2D eigenvalue weighted by Gasteiger charge is -2.62. The number of carbonyl (C=O) groups is 2. The lowest BCUT2D eigenvalue weighted by Crippen LogP contribution is -2.76. The zero-order chi connectivity index (χ0) is 28.6. The van der Waals surface area contributed by atoms with Crippen LogP contribution in [0.25, 0.3) is 0 Å². The van der Waals surface area contributed by atoms with Gasteiger partial charge in [-0.25, -0.2) is 4.57 Å². The molecule has 0 aromatic heterocycles. The number of methoxy groups -OCH3 is 1. The Morgan fingerprint density at radius 3 is 2.71 bits per heavy atom. The third-order valence-corrected chi connectivity index (χ3v) is 11.2. The monoisotopic (exact) mass is 582 g/mol. The highest BCUT2D eigenvalue weighted by Gasteiger charge is 2.73. The number of hydrogen-bond donors (Lipinski definition) is 2. The Balaban J connectivity index is 1.30. The van der Waals surface area contributed by atoms with Gasteiger partial charge in [0.2, 0.25) is 0 Å². The molecule has 41 heavy (non-hydrogen) atoms. The normalized spacial score (nSPS) is 31.8. The summed E-state index contributed by atoms with van der Waals surface area (Å²) < 4.78 is 37.4. The molecule has 218 valence electrons. The molecule has 1 saturated heterocycles. The van der Waals surface area contributed by atoms with Gasteiger partial charge in [0.15, 0.2) is 23.4 Å². The number of ketones is 1. The molecular weight excluding hydrogens is 547 g/mol. The zero-order valence-corrected chi connectivity index (χ0v) is 24.1. The van der Waals surface area contributed by atoms with Crippen LogP contribution < -0.4 is 18.9 Å². The summed E-state index contributed by atoms with van der Waals surface area (Å²) >= 11 is 0. The van der Waals surface area contributed by atoms with Crippen LogP contribution in [0.2, 0.25) is 0 Å². The summed E-state index contributed by atoms with van der Waals surface area (Å²) in [7, 11) is -3.00. The second kappa shape index (κ2) is 9.56. The molecule has 2 aromatic rings. The number of Topliss-reactive ketones (excluding diaryl/α,β-unsaturated/α-hetero) is 1. The van der Waals surface area contributed by atoms with Crippen molar-refractivity contribution in [2.45, 2.75) is 74.7 Å². The van der Waals surface area contributed by atoms with Gasteiger partial charge in [-0.1, -0.05) is 24.3 Å². The van der Waals surface area contributed by atoms with E-state index >= 15 is 0 Å². The molecule has 1 spiro atoms. The first kappa shape index (κ1) is 27.0. The molecule has 2 N–H and O–H groups in total. The summed E-state index contributed by atoms with van der Waals surface area (Å²) in [5, 5.41) is 15.2. The van der Waals surface area contributed by atoms with Crippen molar-refractivity contribution in [3.63, 3.8) is 0 Å². The molecule has 3 aliphatic carbocycles. The first-order valence-electron chi connectivity index (χ1n) is 14.4. The third-order valence-electron chi connectivity index (χ3n) is 9.64. The molecule has 10 nitrogen and oxygen atoms in total. The van der Waals surface area contributed by atoms with Gasteiger partial charge in [0.25, 0.3) is 0 Å². The van der Waals surface area contributed by atoms with E-state index in [9.17, 15) is 19.3 Å². The Kier molecular flexibility index (Phi) is 6.28. The number of rotatable bonds is 9. The second-order valence-electron chi connectivity index (χ2n) is 12.1. The van der Waals surface area contributed by atoms with Crippen LogP contribution in [-0.2, 0) is 30.7 Å². The van der Waals surface area contributed by atoms with E-state index in [2.05, 4.69) is 9.99 Å². The quantitative estimate of drug-likeness (QED) is 0.335. The van der Waals surface area contributed by atoms with E-state index in [4.69, 9.17) is 18.5 Å². The molecule has 3 fully saturated rings. The van der Waals surface area contributed by atoms with Gasteiger partial charge < -0.3 is 23.6 Å². The van der Waals surface area contributed by atoms with Gasteiger partial charge in [0.05, 0.1) is 18.1 Å². The first-order chi connectivity index (χ1) is 19.7. The van der Waals surface area contributed by atoms with E-state index in [1.54, 1.807) is 36.4 Å². The number of carbonyl (C=O) groups excluding carboxylic acids is 2. The average molecular weight is 583 g/mol. The number of benzene rings is 2. The Labute approximate surface area is 238 Å². The number of aliphatic hydroxyl groups is 1. The Morgan fingerprint density at radius 1 is 1.20 bits per heavy atom. The Morgan fingerprint density at radius 2 is 1.98 bits per heavy atom. The van der Waals surface area contributed by atoms with E-state index in [1.165, 1.54) is 26.9 Å². The van der Waals surface area contributed by atoms with Crippen molar-refractivity contribution in [1.29, 1.82) is 0 Å². The van der Waals surface area contributed by atoms with Crippen molar-refractivity contribution in [1.82, 2.24) is 9.99 Å². The molecule has 0 amide bonds. The number of hydrogen-bond acceptors (Lipinski definition) is 9. The molecule has 7 rings (SSSR count). The minimum Gasteiger partial charge on any atom is -0.477 e. The highest BCUT2D eigenvalue weighted by Crippen LogP contribution is 2.66. The maximum absolute atomic E-state index is 14.2. The average Bonchev–Trinajstić information content (AvgIpc) is 3.69. The molecule has 2 saturated carbocycles. The van der Waals surface area contributed by atoms with Crippen LogP contribution >= 0.6 is 7.75 Å². The number of esters is 1. The van der Waals surface area contributed by atoms with E-state index < -0.39 is 36.9 Å². The molecule has 2 bridgehead atoms. The highest BCUT2D eigenvalue weighted by molar-refractivity contribution is 7.52. The van der Waals surface area contributed by atoms with Gasteiger partial charge in [-0.15, -0.1) is 0 Å². The van der Waals surface area contributed by atoms with Crippen molar-refractivity contribution >= 4 is 19.5 Å². The Hall–Kier alpha value is -2.91. The van der Waals surface area contributed by atoms with Crippen LogP contribution in [0, 0.1) is 5.92 Å². The van der Waals surface area contributed by atoms with E-state index in [-0.39, 0.29) is 29.7 Å². The third kappa shape index (κ3) is 4.14. The summed E-state index contributed by atoms with van der Waals surface area (Å²) in [6.45, 7) is 3.24. The van der Waals surface area contributed by atoms with Crippen molar-refractivity contribution in [3.05, 3.63) is 53.6 Å². The number of nitrogens with one attached hydrogen (secondary N) is 1. The van der Waals surface area contributed by atoms with Gasteiger partial charge in [0, 0.05) is 24.6 Å². The number of piperidine rings is 1. The summed E-state index contributed by atoms with van der Waals surface area (Å²) in [4.78, 5) is 28.0. The summed E-state index contributed by atoms with van der Waals surface area (Å²) in [5.74, 6) is 0.727. The van der Waals surface area contributed by atoms with Crippen molar-refractivity contribution in [3.8, 4) is 17.2 Å². The molecule has 11 heteroatoms. The minimum atomic E-state index is -4.24. The molecule has 2 aromatic carbocycles. The maximum atomic E-state index is 14.2. The molecule has 2 heterocycles. The van der Waals surface area contributed by atoms with E-state index in [0.717, 1.165) is 24.2 Å². The van der Waals surface area contributed by atoms with Crippen molar-refractivity contribution in [2.24, 2.45) is 5.92 Å². The fraction of sp³-hybridized carbons (Fsp3) is 0.533. The SMILES string of the molecule is COC(=O)[C@H](C)NP(=O)(Oc1ccccc1)Oc1ccc2c3c1OC1C(=O)CCC4(O)[C@@H](C2)N(CC2CC2)CC[C@]314. The topological polar surface area (TPSA) is 124 Å². The standard InChI is InChI=1S/C30H35N2O8P/c1-18(28(34)37-2)31-41(36,39-21-6-4-3-5-7-21)40-23-11-10-20-16-24-30(35)13-12-22(33)27-29(30,25(20)26(23)38-27)14-15-32(24)17-19-8-9-19/h3-7,10-11,18-19,24,27,35H,8-9,12-17H2,1-2H3,(H,31,36)/t18-,24+,27?,29-,30?,41?/m0/s1. The first-order valence-corrected chi connectivity index (χ1v) is 15.9. The van der Waals surface area contributed by atoms with E-state index in [1.807, 2.05) is 6.07 Å². The number of likely N-dealkylation sites (tertiary alicyclic amines) is 1. The predicted molar refractivity (Wildman–Crippen MR) is 148 cm³/mol. The fourth-order valence-corrected chi connectivity index (χ4v) is 9.14. The Bertz CT molecular complexity index is 1450. The van der Waals surface area contributed by atoms with Crippen molar-refractivity contribution in [2.75, 3.05) is 20.2 Å². The number of para-hydroxylation sites is 1. The van der Waals surface area contributed by atoms with Crippen LogP contribution in [0.15, 0.2) is 42.5 Å². The van der Waals surface area contributed by atoms with Gasteiger partial charge in [-0.05, 0) is 75.3 Å². The van der Waals surface area contributed by atoms with E-state index in [0.29, 0.717) is 30.9 Å². The molecule has 3 unspecified atom stereocenters.